The minimum absolute atomic E-state index is 0.0854. The van der Waals surface area contributed by atoms with Crippen LogP contribution in [0.25, 0.3) is 6.08 Å². The highest BCUT2D eigenvalue weighted by atomic mass is 32.1. The minimum atomic E-state index is -0.367. The third-order valence-electron chi connectivity index (χ3n) is 3.15. The van der Waals surface area contributed by atoms with Gasteiger partial charge in [-0.15, -0.1) is 11.3 Å². The number of hydrogen-bond acceptors (Lipinski definition) is 4. The van der Waals surface area contributed by atoms with Crippen molar-refractivity contribution in [2.24, 2.45) is 0 Å². The maximum atomic E-state index is 12.2. The third-order valence-corrected chi connectivity index (χ3v) is 3.98. The second-order valence-corrected chi connectivity index (χ2v) is 5.51. The maximum Gasteiger partial charge on any atom is 0.414 e. The Balaban J connectivity index is 1.79. The fraction of sp³-hybridized carbons (Fsp3) is 0.125. The Labute approximate surface area is 126 Å². The number of ketones is 1. The van der Waals surface area contributed by atoms with Crippen molar-refractivity contribution in [3.63, 3.8) is 0 Å². The molecular formula is C16H13NO3S. The normalized spacial score (nSPS) is 14.7. The number of thiophene rings is 1. The molecule has 0 aliphatic carbocycles. The molecule has 4 nitrogen and oxygen atoms in total. The van der Waals surface area contributed by atoms with Gasteiger partial charge in [-0.25, -0.2) is 4.79 Å². The summed E-state index contributed by atoms with van der Waals surface area (Å²) in [6.45, 7) is 0.900. The summed E-state index contributed by atoms with van der Waals surface area (Å²) in [4.78, 5) is 26.3. The van der Waals surface area contributed by atoms with Crippen molar-refractivity contribution in [3.8, 4) is 0 Å². The van der Waals surface area contributed by atoms with Crippen LogP contribution in [0.1, 0.15) is 15.2 Å². The van der Waals surface area contributed by atoms with Gasteiger partial charge in [0.25, 0.3) is 0 Å². The van der Waals surface area contributed by atoms with Crippen molar-refractivity contribution in [3.05, 3.63) is 58.3 Å². The zero-order chi connectivity index (χ0) is 14.7. The van der Waals surface area contributed by atoms with E-state index in [1.807, 2.05) is 17.5 Å². The number of allylic oxidation sites excluding steroid dienone is 1. The largest absolute Gasteiger partial charge is 0.447 e. The van der Waals surface area contributed by atoms with Crippen molar-refractivity contribution < 1.29 is 14.3 Å². The minimum Gasteiger partial charge on any atom is -0.447 e. The number of amides is 1. The molecule has 0 spiro atoms. The fourth-order valence-corrected chi connectivity index (χ4v) is 2.71. The van der Waals surface area contributed by atoms with Gasteiger partial charge in [-0.1, -0.05) is 18.2 Å². The van der Waals surface area contributed by atoms with Gasteiger partial charge in [-0.05, 0) is 35.7 Å². The summed E-state index contributed by atoms with van der Waals surface area (Å²) in [5.41, 5.74) is 1.24. The molecule has 106 valence electrons. The molecule has 1 aliphatic rings. The van der Waals surface area contributed by atoms with Gasteiger partial charge in [-0.3, -0.25) is 9.69 Å². The van der Waals surface area contributed by atoms with Gasteiger partial charge in [0.05, 0.1) is 6.54 Å². The van der Waals surface area contributed by atoms with Crippen molar-refractivity contribution in [2.45, 2.75) is 0 Å². The lowest BCUT2D eigenvalue weighted by Crippen LogP contribution is -2.23. The number of rotatable bonds is 4. The predicted molar refractivity (Wildman–Crippen MR) is 82.8 cm³/mol. The van der Waals surface area contributed by atoms with Gasteiger partial charge < -0.3 is 4.74 Å². The molecule has 1 aliphatic heterocycles. The first kappa shape index (κ1) is 13.6. The molecule has 21 heavy (non-hydrogen) atoms. The zero-order valence-electron chi connectivity index (χ0n) is 11.2. The van der Waals surface area contributed by atoms with E-state index in [-0.39, 0.29) is 11.9 Å². The number of ether oxygens (including phenoxy) is 1. The summed E-state index contributed by atoms with van der Waals surface area (Å²) < 4.78 is 4.91. The third kappa shape index (κ3) is 3.03. The maximum absolute atomic E-state index is 12.2. The van der Waals surface area contributed by atoms with Gasteiger partial charge in [0, 0.05) is 16.1 Å². The van der Waals surface area contributed by atoms with Crippen LogP contribution >= 0.6 is 11.3 Å². The quantitative estimate of drug-likeness (QED) is 0.640. The molecule has 0 radical (unpaired) electrons. The number of anilines is 1. The lowest BCUT2D eigenvalue weighted by molar-refractivity contribution is 0.104. The van der Waals surface area contributed by atoms with E-state index in [4.69, 9.17) is 4.74 Å². The summed E-state index contributed by atoms with van der Waals surface area (Å²) in [5.74, 6) is -0.0854. The van der Waals surface area contributed by atoms with Gasteiger partial charge in [0.1, 0.15) is 6.61 Å². The molecule has 0 unspecified atom stereocenters. The number of carbonyl (C=O) groups is 2. The molecule has 1 aromatic heterocycles. The lowest BCUT2D eigenvalue weighted by atomic mass is 10.1. The van der Waals surface area contributed by atoms with E-state index in [2.05, 4.69) is 0 Å². The van der Waals surface area contributed by atoms with Crippen LogP contribution in [0.15, 0.2) is 47.9 Å². The Bertz CT molecular complexity index is 691. The highest BCUT2D eigenvalue weighted by molar-refractivity contribution is 7.10. The Kier molecular flexibility index (Phi) is 3.83. The molecule has 0 saturated carbocycles. The van der Waals surface area contributed by atoms with Crippen LogP contribution in [0, 0.1) is 0 Å². The second-order valence-electron chi connectivity index (χ2n) is 4.53. The number of carbonyl (C=O) groups excluding carboxylic acids is 2. The SMILES string of the molecule is O=C(C=Cc1cccs1)c1cccc(N2CCOC2=O)c1. The predicted octanol–water partition coefficient (Wildman–Crippen LogP) is 3.60. The standard InChI is InChI=1S/C16H13NO3S/c18-15(7-6-14-5-2-10-21-14)12-3-1-4-13(11-12)17-8-9-20-16(17)19/h1-7,10-11H,8-9H2. The average Bonchev–Trinajstić information content (AvgIpc) is 3.16. The lowest BCUT2D eigenvalue weighted by Gasteiger charge is -2.13. The first-order valence-electron chi connectivity index (χ1n) is 6.54. The number of nitrogens with zero attached hydrogens (tertiary/aromatic N) is 1. The van der Waals surface area contributed by atoms with Gasteiger partial charge >= 0.3 is 6.09 Å². The van der Waals surface area contributed by atoms with Crippen molar-refractivity contribution in [1.82, 2.24) is 0 Å². The first-order valence-corrected chi connectivity index (χ1v) is 7.42. The summed E-state index contributed by atoms with van der Waals surface area (Å²) in [6, 6.07) is 10.9. The Morgan fingerprint density at radius 3 is 2.90 bits per heavy atom. The van der Waals surface area contributed by atoms with Crippen LogP contribution in [0.5, 0.6) is 0 Å². The average molecular weight is 299 g/mol. The second kappa shape index (κ2) is 5.93. The van der Waals surface area contributed by atoms with E-state index in [0.29, 0.717) is 24.4 Å². The van der Waals surface area contributed by atoms with E-state index in [0.717, 1.165) is 4.88 Å². The molecule has 2 aromatic rings. The first-order chi connectivity index (χ1) is 10.2. The monoisotopic (exact) mass is 299 g/mol. The number of cyclic esters (lactones) is 1. The summed E-state index contributed by atoms with van der Waals surface area (Å²) in [6.07, 6.45) is 2.98. The molecule has 5 heteroatoms. The summed E-state index contributed by atoms with van der Waals surface area (Å²) >= 11 is 1.58. The summed E-state index contributed by atoms with van der Waals surface area (Å²) in [5, 5.41) is 1.96. The number of benzene rings is 1. The topological polar surface area (TPSA) is 46.6 Å². The Hall–Kier alpha value is -2.40. The molecule has 1 fully saturated rings. The van der Waals surface area contributed by atoms with E-state index >= 15 is 0 Å². The Morgan fingerprint density at radius 2 is 2.19 bits per heavy atom. The van der Waals surface area contributed by atoms with Crippen LogP contribution in [-0.2, 0) is 4.74 Å². The van der Waals surface area contributed by atoms with Crippen LogP contribution < -0.4 is 4.90 Å². The van der Waals surface area contributed by atoms with E-state index in [9.17, 15) is 9.59 Å². The summed E-state index contributed by atoms with van der Waals surface area (Å²) in [7, 11) is 0. The molecule has 1 aromatic carbocycles. The van der Waals surface area contributed by atoms with Gasteiger partial charge in [0.15, 0.2) is 5.78 Å². The molecule has 2 heterocycles. The Morgan fingerprint density at radius 1 is 1.29 bits per heavy atom. The van der Waals surface area contributed by atoms with Crippen molar-refractivity contribution in [1.29, 1.82) is 0 Å². The van der Waals surface area contributed by atoms with E-state index in [1.165, 1.54) is 4.90 Å². The smallest absolute Gasteiger partial charge is 0.414 e. The van der Waals surface area contributed by atoms with E-state index < -0.39 is 0 Å². The molecule has 3 rings (SSSR count). The van der Waals surface area contributed by atoms with Crippen LogP contribution in [0.4, 0.5) is 10.5 Å². The molecular weight excluding hydrogens is 286 g/mol. The highest BCUT2D eigenvalue weighted by Gasteiger charge is 2.23. The van der Waals surface area contributed by atoms with Crippen molar-refractivity contribution >= 4 is 35.0 Å². The van der Waals surface area contributed by atoms with Crippen LogP contribution in [0.3, 0.4) is 0 Å². The molecule has 1 amide bonds. The van der Waals surface area contributed by atoms with E-state index in [1.54, 1.807) is 47.8 Å². The van der Waals surface area contributed by atoms with Gasteiger partial charge in [0.2, 0.25) is 0 Å². The van der Waals surface area contributed by atoms with Crippen molar-refractivity contribution in [2.75, 3.05) is 18.1 Å². The fourth-order valence-electron chi connectivity index (χ4n) is 2.10. The zero-order valence-corrected chi connectivity index (χ0v) is 12.0. The molecule has 0 bridgehead atoms. The van der Waals surface area contributed by atoms with Gasteiger partial charge in [-0.2, -0.15) is 0 Å². The molecule has 0 atom stereocenters. The van der Waals surface area contributed by atoms with Crippen LogP contribution in [0.2, 0.25) is 0 Å². The highest BCUT2D eigenvalue weighted by Crippen LogP contribution is 2.20. The molecule has 1 saturated heterocycles. The molecule has 0 N–H and O–H groups in total. The number of hydrogen-bond donors (Lipinski definition) is 0. The van der Waals surface area contributed by atoms with Crippen LogP contribution in [-0.4, -0.2) is 25.0 Å².